The lowest BCUT2D eigenvalue weighted by Gasteiger charge is -2.71. The number of fused-ring (bicyclic) bond motifs is 7. The van der Waals surface area contributed by atoms with E-state index in [2.05, 4.69) is 47.6 Å². The van der Waals surface area contributed by atoms with E-state index in [0.29, 0.717) is 35.2 Å². The minimum Gasteiger partial charge on any atom is -0.396 e. The van der Waals surface area contributed by atoms with Crippen LogP contribution < -0.4 is 0 Å². The zero-order chi connectivity index (χ0) is 22.4. The van der Waals surface area contributed by atoms with Crippen LogP contribution in [0, 0.1) is 50.7 Å². The summed E-state index contributed by atoms with van der Waals surface area (Å²) in [4.78, 5) is 0. The highest BCUT2D eigenvalue weighted by Gasteiger charge is 2.67. The summed E-state index contributed by atoms with van der Waals surface area (Å²) in [5.41, 5.74) is 2.85. The molecule has 0 aromatic carbocycles. The summed E-state index contributed by atoms with van der Waals surface area (Å²) in [5.74, 6) is 2.71. The molecule has 4 fully saturated rings. The Kier molecular flexibility index (Phi) is 4.96. The highest BCUT2D eigenvalue weighted by Crippen LogP contribution is 2.75. The fourth-order valence-electron chi connectivity index (χ4n) is 10.5. The molecule has 2 N–H and O–H groups in total. The van der Waals surface area contributed by atoms with E-state index in [9.17, 15) is 10.2 Å². The lowest BCUT2D eigenvalue weighted by Crippen LogP contribution is -2.64. The molecule has 0 aliphatic heterocycles. The van der Waals surface area contributed by atoms with E-state index in [4.69, 9.17) is 0 Å². The van der Waals surface area contributed by atoms with Crippen molar-refractivity contribution in [3.8, 4) is 0 Å². The van der Waals surface area contributed by atoms with Gasteiger partial charge in [0, 0.05) is 12.0 Å². The maximum Gasteiger partial charge on any atom is 0.0594 e. The Hall–Kier alpha value is -0.340. The number of aliphatic hydroxyl groups is 2. The van der Waals surface area contributed by atoms with Crippen LogP contribution in [0.15, 0.2) is 11.6 Å². The quantitative estimate of drug-likeness (QED) is 0.453. The molecule has 5 aliphatic carbocycles. The third-order valence-corrected chi connectivity index (χ3v) is 12.8. The molecule has 5 rings (SSSR count). The number of allylic oxidation sites excluding steroid dienone is 2. The third kappa shape index (κ3) is 2.70. The molecule has 0 saturated heterocycles. The van der Waals surface area contributed by atoms with Gasteiger partial charge in [0.25, 0.3) is 0 Å². The van der Waals surface area contributed by atoms with E-state index in [1.165, 1.54) is 57.8 Å². The largest absolute Gasteiger partial charge is 0.396 e. The van der Waals surface area contributed by atoms with Gasteiger partial charge in [-0.1, -0.05) is 59.6 Å². The highest BCUT2D eigenvalue weighted by molar-refractivity contribution is 5.33. The van der Waals surface area contributed by atoms with Crippen LogP contribution in [-0.4, -0.2) is 22.9 Å². The van der Waals surface area contributed by atoms with Gasteiger partial charge in [-0.05, 0) is 103 Å². The van der Waals surface area contributed by atoms with Crippen molar-refractivity contribution in [2.75, 3.05) is 6.61 Å². The van der Waals surface area contributed by atoms with E-state index in [0.717, 1.165) is 12.3 Å². The number of hydrogen-bond donors (Lipinski definition) is 2. The van der Waals surface area contributed by atoms with Gasteiger partial charge in [0.1, 0.15) is 0 Å². The van der Waals surface area contributed by atoms with Gasteiger partial charge in [-0.15, -0.1) is 0 Å². The fourth-order valence-corrected chi connectivity index (χ4v) is 10.5. The van der Waals surface area contributed by atoms with Gasteiger partial charge in [-0.2, -0.15) is 0 Å². The summed E-state index contributed by atoms with van der Waals surface area (Å²) in [6.07, 6.45) is 14.7. The molecule has 9 atom stereocenters. The summed E-state index contributed by atoms with van der Waals surface area (Å²) in [7, 11) is 0. The first-order chi connectivity index (χ1) is 14.4. The minimum atomic E-state index is -0.149. The first-order valence-corrected chi connectivity index (χ1v) is 13.4. The van der Waals surface area contributed by atoms with Crippen molar-refractivity contribution in [1.82, 2.24) is 0 Å². The standard InChI is InChI=1S/C29H48O2/c1-19-9-14-29(18-30)16-15-27(5)20(21(29)17-19)7-8-23-26(4)12-11-24(31)25(2,3)22(26)10-13-28(23,27)6/h7,19,21-24,30-31H,8-18H2,1-6H3/t19?,21?,22?,23?,24-,26-,27-,28?,29+/m0/s1. The molecule has 0 aromatic rings. The van der Waals surface area contributed by atoms with Gasteiger partial charge in [0.15, 0.2) is 0 Å². The Labute approximate surface area is 191 Å². The average molecular weight is 429 g/mol. The van der Waals surface area contributed by atoms with Gasteiger partial charge in [0.05, 0.1) is 6.10 Å². The van der Waals surface area contributed by atoms with Crippen molar-refractivity contribution in [3.63, 3.8) is 0 Å². The molecular formula is C29H48O2. The van der Waals surface area contributed by atoms with Gasteiger partial charge in [0.2, 0.25) is 0 Å². The van der Waals surface area contributed by atoms with Crippen LogP contribution in [-0.2, 0) is 0 Å². The van der Waals surface area contributed by atoms with E-state index < -0.39 is 0 Å². The lowest BCUT2D eigenvalue weighted by molar-refractivity contribution is -0.203. The second kappa shape index (κ2) is 6.84. The topological polar surface area (TPSA) is 40.5 Å². The fraction of sp³-hybridized carbons (Fsp3) is 0.931. The molecule has 31 heavy (non-hydrogen) atoms. The van der Waals surface area contributed by atoms with Crippen LogP contribution in [0.2, 0.25) is 0 Å². The Balaban J connectivity index is 1.57. The molecule has 0 heterocycles. The second-order valence-electron chi connectivity index (χ2n) is 14.1. The third-order valence-electron chi connectivity index (χ3n) is 12.8. The van der Waals surface area contributed by atoms with Crippen molar-refractivity contribution < 1.29 is 10.2 Å². The van der Waals surface area contributed by atoms with Crippen LogP contribution in [0.1, 0.15) is 106 Å². The molecule has 5 unspecified atom stereocenters. The van der Waals surface area contributed by atoms with Crippen molar-refractivity contribution >= 4 is 0 Å². The maximum absolute atomic E-state index is 10.9. The van der Waals surface area contributed by atoms with Crippen LogP contribution in [0.25, 0.3) is 0 Å². The number of hydrogen-bond acceptors (Lipinski definition) is 2. The first kappa shape index (κ1) is 22.5. The molecule has 0 aromatic heterocycles. The van der Waals surface area contributed by atoms with Crippen LogP contribution in [0.3, 0.4) is 0 Å². The number of rotatable bonds is 1. The monoisotopic (exact) mass is 428 g/mol. The zero-order valence-corrected chi connectivity index (χ0v) is 21.1. The van der Waals surface area contributed by atoms with Crippen molar-refractivity contribution in [2.45, 2.75) is 112 Å². The summed E-state index contributed by atoms with van der Waals surface area (Å²) in [6.45, 7) is 15.4. The summed E-state index contributed by atoms with van der Waals surface area (Å²) in [6, 6.07) is 0. The molecule has 5 aliphatic rings. The molecule has 0 bridgehead atoms. The molecule has 4 saturated carbocycles. The van der Waals surface area contributed by atoms with E-state index in [-0.39, 0.29) is 22.3 Å². The molecule has 0 spiro atoms. The molecule has 0 amide bonds. The summed E-state index contributed by atoms with van der Waals surface area (Å²) in [5, 5.41) is 21.4. The predicted molar refractivity (Wildman–Crippen MR) is 128 cm³/mol. The Morgan fingerprint density at radius 2 is 1.65 bits per heavy atom. The zero-order valence-electron chi connectivity index (χ0n) is 21.1. The van der Waals surface area contributed by atoms with E-state index in [1.807, 2.05) is 0 Å². The van der Waals surface area contributed by atoms with Gasteiger partial charge < -0.3 is 10.2 Å². The van der Waals surface area contributed by atoms with E-state index >= 15 is 0 Å². The molecule has 2 nitrogen and oxygen atoms in total. The smallest absolute Gasteiger partial charge is 0.0594 e. The molecule has 0 radical (unpaired) electrons. The highest BCUT2D eigenvalue weighted by atomic mass is 16.3. The molecule has 2 heteroatoms. The Morgan fingerprint density at radius 3 is 2.35 bits per heavy atom. The van der Waals surface area contributed by atoms with Crippen molar-refractivity contribution in [3.05, 3.63) is 11.6 Å². The van der Waals surface area contributed by atoms with Gasteiger partial charge in [-0.25, -0.2) is 0 Å². The second-order valence-corrected chi connectivity index (χ2v) is 14.1. The predicted octanol–water partition coefficient (Wildman–Crippen LogP) is 6.75. The Bertz CT molecular complexity index is 769. The average Bonchev–Trinajstić information content (AvgIpc) is 2.72. The lowest BCUT2D eigenvalue weighted by atomic mass is 9.34. The van der Waals surface area contributed by atoms with Crippen LogP contribution in [0.5, 0.6) is 0 Å². The van der Waals surface area contributed by atoms with Crippen LogP contribution in [0.4, 0.5) is 0 Å². The summed E-state index contributed by atoms with van der Waals surface area (Å²) < 4.78 is 0. The van der Waals surface area contributed by atoms with Gasteiger partial charge >= 0.3 is 0 Å². The summed E-state index contributed by atoms with van der Waals surface area (Å²) >= 11 is 0. The first-order valence-electron chi connectivity index (χ1n) is 13.4. The Morgan fingerprint density at radius 1 is 0.903 bits per heavy atom. The SMILES string of the molecule is CC1CC[C@]2(CO)CC[C@@]3(C)C(=CCC4C3(C)CCC3C(C)(C)[C@@H](O)CC[C@@]34C)C2C1. The minimum absolute atomic E-state index is 0.0244. The van der Waals surface area contributed by atoms with Crippen LogP contribution >= 0.6 is 0 Å². The normalized spacial score (nSPS) is 55.9. The van der Waals surface area contributed by atoms with Crippen molar-refractivity contribution in [1.29, 1.82) is 0 Å². The van der Waals surface area contributed by atoms with Crippen molar-refractivity contribution in [2.24, 2.45) is 50.7 Å². The molecular weight excluding hydrogens is 380 g/mol. The van der Waals surface area contributed by atoms with Gasteiger partial charge in [-0.3, -0.25) is 0 Å². The maximum atomic E-state index is 10.9. The molecule has 176 valence electrons. The number of aliphatic hydroxyl groups excluding tert-OH is 2. The van der Waals surface area contributed by atoms with E-state index in [1.54, 1.807) is 5.57 Å².